The molecule has 0 aliphatic carbocycles. The number of urea groups is 1. The van der Waals surface area contributed by atoms with Crippen LogP contribution in [0.25, 0.3) is 0 Å². The molecular formula is C5H8N2O. The van der Waals surface area contributed by atoms with Crippen molar-refractivity contribution in [2.75, 3.05) is 6.54 Å². The summed E-state index contributed by atoms with van der Waals surface area (Å²) in [5.41, 5.74) is 0. The number of aliphatic imine (C=N–C) groups is 1. The van der Waals surface area contributed by atoms with Crippen molar-refractivity contribution in [1.82, 2.24) is 5.32 Å². The van der Waals surface area contributed by atoms with Gasteiger partial charge in [0.25, 0.3) is 0 Å². The Labute approximate surface area is 47.8 Å². The number of nitrogens with one attached hydrogen (secondary N) is 1. The first-order chi connectivity index (χ1) is 3.89. The Kier molecular flexibility index (Phi) is 1.62. The van der Waals surface area contributed by atoms with E-state index in [-0.39, 0.29) is 6.03 Å². The van der Waals surface area contributed by atoms with E-state index < -0.39 is 0 Å². The summed E-state index contributed by atoms with van der Waals surface area (Å²) in [4.78, 5) is 13.9. The van der Waals surface area contributed by atoms with Crippen molar-refractivity contribution in [3.8, 4) is 0 Å². The summed E-state index contributed by atoms with van der Waals surface area (Å²) in [5.74, 6) is 0. The van der Waals surface area contributed by atoms with Gasteiger partial charge in [0.05, 0.1) is 0 Å². The molecule has 44 valence electrons. The molecule has 0 saturated heterocycles. The fraction of sp³-hybridized carbons (Fsp3) is 0.600. The summed E-state index contributed by atoms with van der Waals surface area (Å²) in [6, 6.07) is -0.206. The largest absolute Gasteiger partial charge is 0.340 e. The fourth-order valence-corrected chi connectivity index (χ4v) is 0.582. The van der Waals surface area contributed by atoms with E-state index in [1.54, 1.807) is 6.21 Å². The average Bonchev–Trinajstić information content (AvgIpc) is 1.94. The summed E-state index contributed by atoms with van der Waals surface area (Å²) < 4.78 is 0. The van der Waals surface area contributed by atoms with Crippen LogP contribution in [0.3, 0.4) is 0 Å². The van der Waals surface area contributed by atoms with Gasteiger partial charge in [-0.25, -0.2) is 9.79 Å². The van der Waals surface area contributed by atoms with Gasteiger partial charge in [-0.3, -0.25) is 0 Å². The number of carbonyl (C=O) groups excluding carboxylic acids is 1. The molecule has 0 saturated carbocycles. The van der Waals surface area contributed by atoms with Crippen molar-refractivity contribution in [2.24, 2.45) is 4.99 Å². The monoisotopic (exact) mass is 112 g/mol. The third-order valence-electron chi connectivity index (χ3n) is 0.995. The molecule has 1 heterocycles. The maximum atomic E-state index is 10.4. The molecule has 1 rings (SSSR count). The smallest absolute Gasteiger partial charge is 0.336 e. The van der Waals surface area contributed by atoms with Gasteiger partial charge in [-0.1, -0.05) is 0 Å². The van der Waals surface area contributed by atoms with Crippen LogP contribution in [-0.4, -0.2) is 18.8 Å². The van der Waals surface area contributed by atoms with Gasteiger partial charge >= 0.3 is 6.03 Å². The minimum absolute atomic E-state index is 0.206. The topological polar surface area (TPSA) is 41.5 Å². The van der Waals surface area contributed by atoms with Crippen molar-refractivity contribution >= 4 is 12.2 Å². The second kappa shape index (κ2) is 2.45. The first-order valence-electron chi connectivity index (χ1n) is 2.70. The number of carbonyl (C=O) groups is 1. The van der Waals surface area contributed by atoms with Gasteiger partial charge in [0.1, 0.15) is 0 Å². The van der Waals surface area contributed by atoms with Crippen molar-refractivity contribution in [3.63, 3.8) is 0 Å². The third-order valence-corrected chi connectivity index (χ3v) is 0.995. The first kappa shape index (κ1) is 5.28. The average molecular weight is 112 g/mol. The number of hydrogen-bond acceptors (Lipinski definition) is 1. The zero-order valence-corrected chi connectivity index (χ0v) is 4.55. The number of rotatable bonds is 0. The van der Waals surface area contributed by atoms with Gasteiger partial charge < -0.3 is 5.32 Å². The van der Waals surface area contributed by atoms with E-state index in [4.69, 9.17) is 0 Å². The molecule has 1 aliphatic heterocycles. The molecule has 0 fully saturated rings. The second-order valence-electron chi connectivity index (χ2n) is 1.69. The summed E-state index contributed by atoms with van der Waals surface area (Å²) in [6.07, 6.45) is 3.58. The van der Waals surface area contributed by atoms with Crippen molar-refractivity contribution in [2.45, 2.75) is 12.8 Å². The van der Waals surface area contributed by atoms with Crippen molar-refractivity contribution in [1.29, 1.82) is 0 Å². The molecule has 3 heteroatoms. The highest BCUT2D eigenvalue weighted by Gasteiger charge is 1.97. The fourth-order valence-electron chi connectivity index (χ4n) is 0.582. The Morgan fingerprint density at radius 1 is 1.75 bits per heavy atom. The van der Waals surface area contributed by atoms with Crippen LogP contribution in [0.5, 0.6) is 0 Å². The van der Waals surface area contributed by atoms with Crippen LogP contribution >= 0.6 is 0 Å². The predicted molar refractivity (Wildman–Crippen MR) is 31.1 cm³/mol. The first-order valence-corrected chi connectivity index (χ1v) is 2.70. The molecule has 0 bridgehead atoms. The minimum Gasteiger partial charge on any atom is -0.336 e. The Bertz CT molecular complexity index is 120. The quantitative estimate of drug-likeness (QED) is 0.488. The third kappa shape index (κ3) is 1.33. The van der Waals surface area contributed by atoms with E-state index in [0.29, 0.717) is 0 Å². The zero-order chi connectivity index (χ0) is 5.82. The van der Waals surface area contributed by atoms with Crippen molar-refractivity contribution < 1.29 is 4.79 Å². The Morgan fingerprint density at radius 2 is 2.62 bits per heavy atom. The van der Waals surface area contributed by atoms with E-state index in [1.807, 2.05) is 0 Å². The maximum Gasteiger partial charge on any atom is 0.340 e. The minimum atomic E-state index is -0.206. The van der Waals surface area contributed by atoms with Gasteiger partial charge in [0.2, 0.25) is 0 Å². The molecule has 0 unspecified atom stereocenters. The molecule has 3 nitrogen and oxygen atoms in total. The SMILES string of the molecule is O=C1N=CCCCN1. The van der Waals surface area contributed by atoms with E-state index in [2.05, 4.69) is 10.3 Å². The molecule has 1 aliphatic rings. The van der Waals surface area contributed by atoms with Crippen LogP contribution in [-0.2, 0) is 0 Å². The molecule has 0 atom stereocenters. The van der Waals surface area contributed by atoms with Crippen LogP contribution in [0.1, 0.15) is 12.8 Å². The molecule has 0 radical (unpaired) electrons. The Morgan fingerprint density at radius 3 is 3.50 bits per heavy atom. The van der Waals surface area contributed by atoms with Crippen LogP contribution < -0.4 is 5.32 Å². The molecular weight excluding hydrogens is 104 g/mol. The van der Waals surface area contributed by atoms with Crippen LogP contribution in [0.4, 0.5) is 4.79 Å². The lowest BCUT2D eigenvalue weighted by Crippen LogP contribution is -2.18. The summed E-state index contributed by atoms with van der Waals surface area (Å²) in [5, 5.41) is 2.61. The molecule has 2 amide bonds. The highest BCUT2D eigenvalue weighted by molar-refractivity contribution is 5.84. The number of hydrogen-bond donors (Lipinski definition) is 1. The molecule has 8 heavy (non-hydrogen) atoms. The van der Waals surface area contributed by atoms with Gasteiger partial charge in [-0.15, -0.1) is 0 Å². The zero-order valence-electron chi connectivity index (χ0n) is 4.55. The van der Waals surface area contributed by atoms with Crippen LogP contribution in [0, 0.1) is 0 Å². The highest BCUT2D eigenvalue weighted by Crippen LogP contribution is 1.88. The molecule has 0 aromatic rings. The molecule has 0 aromatic carbocycles. The predicted octanol–water partition coefficient (Wildman–Crippen LogP) is 0.561. The summed E-state index contributed by atoms with van der Waals surface area (Å²) in [7, 11) is 0. The Balaban J connectivity index is 2.44. The van der Waals surface area contributed by atoms with Gasteiger partial charge in [0, 0.05) is 12.8 Å². The van der Waals surface area contributed by atoms with Gasteiger partial charge in [0.15, 0.2) is 0 Å². The normalized spacial score (nSPS) is 19.8. The summed E-state index contributed by atoms with van der Waals surface area (Å²) in [6.45, 7) is 0.763. The van der Waals surface area contributed by atoms with Crippen molar-refractivity contribution in [3.05, 3.63) is 0 Å². The van der Waals surface area contributed by atoms with Gasteiger partial charge in [-0.05, 0) is 12.8 Å². The maximum absolute atomic E-state index is 10.4. The van der Waals surface area contributed by atoms with E-state index in [1.165, 1.54) is 0 Å². The number of nitrogens with zero attached hydrogens (tertiary/aromatic N) is 1. The lowest BCUT2D eigenvalue weighted by atomic mass is 10.3. The molecule has 0 spiro atoms. The van der Waals surface area contributed by atoms with E-state index in [0.717, 1.165) is 19.4 Å². The number of amides is 2. The highest BCUT2D eigenvalue weighted by atomic mass is 16.2. The second-order valence-corrected chi connectivity index (χ2v) is 1.69. The van der Waals surface area contributed by atoms with E-state index >= 15 is 0 Å². The lowest BCUT2D eigenvalue weighted by Gasteiger charge is -1.91. The molecule has 0 aromatic heterocycles. The van der Waals surface area contributed by atoms with Gasteiger partial charge in [-0.2, -0.15) is 0 Å². The standard InChI is InChI=1S/C5H8N2O/c8-5-6-3-1-2-4-7-5/h3H,1-2,4H2,(H,7,8). The van der Waals surface area contributed by atoms with Crippen LogP contribution in [0.15, 0.2) is 4.99 Å². The van der Waals surface area contributed by atoms with E-state index in [9.17, 15) is 4.79 Å². The van der Waals surface area contributed by atoms with Crippen LogP contribution in [0.2, 0.25) is 0 Å². The Hall–Kier alpha value is -0.860. The molecule has 1 N–H and O–H groups in total. The lowest BCUT2D eigenvalue weighted by molar-refractivity contribution is 0.250. The summed E-state index contributed by atoms with van der Waals surface area (Å²) >= 11 is 0.